The number of aliphatic hydroxyl groups is 1. The maximum absolute atomic E-state index is 13.4. The SMILES string of the molecule is Cc1ccc(C(O)Cc2cnn(C)c2)cc1F. The molecule has 0 fully saturated rings. The lowest BCUT2D eigenvalue weighted by Crippen LogP contribution is -2.02. The summed E-state index contributed by atoms with van der Waals surface area (Å²) >= 11 is 0. The predicted octanol–water partition coefficient (Wildman–Crippen LogP) is 2.14. The monoisotopic (exact) mass is 234 g/mol. The smallest absolute Gasteiger partial charge is 0.126 e. The molecule has 0 aliphatic carbocycles. The number of rotatable bonds is 3. The molecule has 2 rings (SSSR count). The molecule has 2 aromatic rings. The highest BCUT2D eigenvalue weighted by Gasteiger charge is 2.11. The van der Waals surface area contributed by atoms with Gasteiger partial charge < -0.3 is 5.11 Å². The molecule has 1 aromatic heterocycles. The van der Waals surface area contributed by atoms with Gasteiger partial charge in [0.25, 0.3) is 0 Å². The Morgan fingerprint density at radius 1 is 1.47 bits per heavy atom. The summed E-state index contributed by atoms with van der Waals surface area (Å²) in [5.74, 6) is -0.285. The van der Waals surface area contributed by atoms with Gasteiger partial charge in [0.1, 0.15) is 5.82 Å². The normalized spacial score (nSPS) is 12.7. The van der Waals surface area contributed by atoms with Gasteiger partial charge in [-0.05, 0) is 29.7 Å². The van der Waals surface area contributed by atoms with Crippen LogP contribution in [0.5, 0.6) is 0 Å². The molecule has 0 aliphatic heterocycles. The van der Waals surface area contributed by atoms with E-state index in [1.165, 1.54) is 6.07 Å². The van der Waals surface area contributed by atoms with Crippen molar-refractivity contribution in [3.05, 3.63) is 53.1 Å². The van der Waals surface area contributed by atoms with E-state index in [4.69, 9.17) is 0 Å². The zero-order valence-corrected chi connectivity index (χ0v) is 9.89. The van der Waals surface area contributed by atoms with Gasteiger partial charge in [0.15, 0.2) is 0 Å². The molecule has 17 heavy (non-hydrogen) atoms. The van der Waals surface area contributed by atoms with Gasteiger partial charge in [0.2, 0.25) is 0 Å². The fourth-order valence-electron chi connectivity index (χ4n) is 1.73. The van der Waals surface area contributed by atoms with Crippen molar-refractivity contribution in [1.82, 2.24) is 9.78 Å². The molecule has 4 heteroatoms. The van der Waals surface area contributed by atoms with Crippen molar-refractivity contribution in [2.24, 2.45) is 7.05 Å². The van der Waals surface area contributed by atoms with Gasteiger partial charge in [0.05, 0.1) is 12.3 Å². The summed E-state index contributed by atoms with van der Waals surface area (Å²) in [5.41, 5.74) is 2.11. The Bertz CT molecular complexity index is 522. The number of aliphatic hydroxyl groups excluding tert-OH is 1. The van der Waals surface area contributed by atoms with Gasteiger partial charge >= 0.3 is 0 Å². The lowest BCUT2D eigenvalue weighted by molar-refractivity contribution is 0.178. The summed E-state index contributed by atoms with van der Waals surface area (Å²) in [6.45, 7) is 1.70. The Morgan fingerprint density at radius 3 is 2.82 bits per heavy atom. The van der Waals surface area contributed by atoms with Crippen LogP contribution in [-0.4, -0.2) is 14.9 Å². The topological polar surface area (TPSA) is 38.1 Å². The molecular weight excluding hydrogens is 219 g/mol. The van der Waals surface area contributed by atoms with E-state index in [2.05, 4.69) is 5.10 Å². The third-order valence-corrected chi connectivity index (χ3v) is 2.77. The van der Waals surface area contributed by atoms with Gasteiger partial charge in [-0.25, -0.2) is 4.39 Å². The number of nitrogens with zero attached hydrogens (tertiary/aromatic N) is 2. The number of hydrogen-bond acceptors (Lipinski definition) is 2. The van der Waals surface area contributed by atoms with Crippen LogP contribution in [0.4, 0.5) is 4.39 Å². The summed E-state index contributed by atoms with van der Waals surface area (Å²) in [4.78, 5) is 0. The van der Waals surface area contributed by atoms with E-state index in [9.17, 15) is 9.50 Å². The molecule has 0 amide bonds. The molecule has 90 valence electrons. The zero-order valence-electron chi connectivity index (χ0n) is 9.89. The van der Waals surface area contributed by atoms with Crippen LogP contribution >= 0.6 is 0 Å². The maximum Gasteiger partial charge on any atom is 0.126 e. The van der Waals surface area contributed by atoms with Crippen LogP contribution in [0.3, 0.4) is 0 Å². The molecular formula is C13H15FN2O. The molecule has 0 spiro atoms. The van der Waals surface area contributed by atoms with Crippen molar-refractivity contribution >= 4 is 0 Å². The van der Waals surface area contributed by atoms with E-state index < -0.39 is 6.10 Å². The van der Waals surface area contributed by atoms with Crippen LogP contribution in [0.15, 0.2) is 30.6 Å². The Morgan fingerprint density at radius 2 is 2.24 bits per heavy atom. The second kappa shape index (κ2) is 4.67. The quantitative estimate of drug-likeness (QED) is 0.883. The van der Waals surface area contributed by atoms with Crippen LogP contribution in [0.1, 0.15) is 22.8 Å². The van der Waals surface area contributed by atoms with E-state index >= 15 is 0 Å². The molecule has 1 heterocycles. The summed E-state index contributed by atoms with van der Waals surface area (Å²) < 4.78 is 15.0. The summed E-state index contributed by atoms with van der Waals surface area (Å²) in [5, 5.41) is 14.0. The van der Waals surface area contributed by atoms with Crippen LogP contribution in [0.25, 0.3) is 0 Å². The second-order valence-electron chi connectivity index (χ2n) is 4.25. The van der Waals surface area contributed by atoms with Crippen molar-refractivity contribution in [2.75, 3.05) is 0 Å². The van der Waals surface area contributed by atoms with Gasteiger partial charge in [-0.15, -0.1) is 0 Å². The predicted molar refractivity (Wildman–Crippen MR) is 63.0 cm³/mol. The average molecular weight is 234 g/mol. The van der Waals surface area contributed by atoms with Crippen LogP contribution < -0.4 is 0 Å². The summed E-state index contributed by atoms with van der Waals surface area (Å²) in [6.07, 6.45) is 3.28. The van der Waals surface area contributed by atoms with E-state index in [-0.39, 0.29) is 5.82 Å². The van der Waals surface area contributed by atoms with Crippen molar-refractivity contribution in [3.63, 3.8) is 0 Å². The number of hydrogen-bond donors (Lipinski definition) is 1. The molecule has 1 N–H and O–H groups in total. The summed E-state index contributed by atoms with van der Waals surface area (Å²) in [7, 11) is 1.82. The molecule has 0 radical (unpaired) electrons. The van der Waals surface area contributed by atoms with Gasteiger partial charge in [-0.3, -0.25) is 4.68 Å². The van der Waals surface area contributed by atoms with Crippen molar-refractivity contribution in [2.45, 2.75) is 19.4 Å². The highest BCUT2D eigenvalue weighted by Crippen LogP contribution is 2.20. The average Bonchev–Trinajstić information content (AvgIpc) is 2.68. The number of halogens is 1. The third-order valence-electron chi connectivity index (χ3n) is 2.77. The standard InChI is InChI=1S/C13H15FN2O/c1-9-3-4-11(6-12(9)14)13(17)5-10-7-15-16(2)8-10/h3-4,6-8,13,17H,5H2,1-2H3. The highest BCUT2D eigenvalue weighted by molar-refractivity contribution is 5.26. The number of aryl methyl sites for hydroxylation is 2. The molecule has 0 saturated heterocycles. The minimum atomic E-state index is -0.700. The first-order valence-corrected chi connectivity index (χ1v) is 5.48. The molecule has 1 atom stereocenters. The minimum Gasteiger partial charge on any atom is -0.388 e. The van der Waals surface area contributed by atoms with Gasteiger partial charge in [-0.1, -0.05) is 12.1 Å². The van der Waals surface area contributed by atoms with E-state index in [1.807, 2.05) is 13.2 Å². The summed E-state index contributed by atoms with van der Waals surface area (Å²) in [6, 6.07) is 4.81. The Hall–Kier alpha value is -1.68. The molecule has 3 nitrogen and oxygen atoms in total. The first-order valence-electron chi connectivity index (χ1n) is 5.48. The lowest BCUT2D eigenvalue weighted by Gasteiger charge is -2.10. The van der Waals surface area contributed by atoms with Crippen molar-refractivity contribution < 1.29 is 9.50 Å². The van der Waals surface area contributed by atoms with Gasteiger partial charge in [-0.2, -0.15) is 5.10 Å². The zero-order chi connectivity index (χ0) is 12.4. The maximum atomic E-state index is 13.4. The number of benzene rings is 1. The van der Waals surface area contributed by atoms with E-state index in [0.29, 0.717) is 17.5 Å². The molecule has 1 aromatic carbocycles. The van der Waals surface area contributed by atoms with Gasteiger partial charge in [0, 0.05) is 19.7 Å². The first-order chi connectivity index (χ1) is 8.06. The lowest BCUT2D eigenvalue weighted by atomic mass is 10.0. The molecule has 0 aliphatic rings. The first kappa shape index (κ1) is 11.8. The van der Waals surface area contributed by atoms with Crippen LogP contribution in [0.2, 0.25) is 0 Å². The Labute approximate surface area is 99.5 Å². The second-order valence-corrected chi connectivity index (χ2v) is 4.25. The van der Waals surface area contributed by atoms with Crippen molar-refractivity contribution in [1.29, 1.82) is 0 Å². The Kier molecular flexibility index (Phi) is 3.24. The van der Waals surface area contributed by atoms with Crippen LogP contribution in [-0.2, 0) is 13.5 Å². The molecule has 0 bridgehead atoms. The fourth-order valence-corrected chi connectivity index (χ4v) is 1.73. The van der Waals surface area contributed by atoms with E-state index in [1.54, 1.807) is 29.9 Å². The molecule has 1 unspecified atom stereocenters. The van der Waals surface area contributed by atoms with E-state index in [0.717, 1.165) is 5.56 Å². The highest BCUT2D eigenvalue weighted by atomic mass is 19.1. The largest absolute Gasteiger partial charge is 0.388 e. The minimum absolute atomic E-state index is 0.285. The van der Waals surface area contributed by atoms with Crippen molar-refractivity contribution in [3.8, 4) is 0 Å². The number of aromatic nitrogens is 2. The fraction of sp³-hybridized carbons (Fsp3) is 0.308. The molecule has 0 saturated carbocycles. The third kappa shape index (κ3) is 2.71. The Balaban J connectivity index is 2.14. The van der Waals surface area contributed by atoms with Crippen LogP contribution in [0, 0.1) is 12.7 Å².